The minimum Gasteiger partial charge on any atom is -0.368 e. The normalized spacial score (nSPS) is 14.6. The summed E-state index contributed by atoms with van der Waals surface area (Å²) in [7, 11) is 0. The van der Waals surface area contributed by atoms with Crippen molar-refractivity contribution >= 4 is 0 Å². The van der Waals surface area contributed by atoms with Crippen molar-refractivity contribution in [2.45, 2.75) is 47.3 Å². The van der Waals surface area contributed by atoms with Gasteiger partial charge in [-0.15, -0.1) is 0 Å². The van der Waals surface area contributed by atoms with Crippen molar-refractivity contribution in [3.8, 4) is 0 Å². The van der Waals surface area contributed by atoms with Crippen molar-refractivity contribution in [3.63, 3.8) is 0 Å². The highest BCUT2D eigenvalue weighted by molar-refractivity contribution is 4.69. The van der Waals surface area contributed by atoms with Crippen LogP contribution in [-0.4, -0.2) is 42.5 Å². The smallest absolute Gasteiger partial charge is 0.159 e. The number of aliphatic hydroxyl groups is 1. The third-order valence-corrected chi connectivity index (χ3v) is 3.16. The van der Waals surface area contributed by atoms with Crippen LogP contribution < -0.4 is 0 Å². The van der Waals surface area contributed by atoms with E-state index in [0.717, 1.165) is 26.1 Å². The molecule has 0 aromatic carbocycles. The summed E-state index contributed by atoms with van der Waals surface area (Å²) in [6.07, 6.45) is 0.262. The van der Waals surface area contributed by atoms with E-state index in [0.29, 0.717) is 6.61 Å². The molecule has 0 aliphatic carbocycles. The Hall–Kier alpha value is -0.120. The van der Waals surface area contributed by atoms with Crippen LogP contribution >= 0.6 is 0 Å². The van der Waals surface area contributed by atoms with Crippen LogP contribution in [-0.2, 0) is 4.74 Å². The Bertz CT molecular complexity index is 156. The molecule has 0 aliphatic heterocycles. The van der Waals surface area contributed by atoms with Gasteiger partial charge in [0.1, 0.15) is 0 Å². The molecule has 15 heavy (non-hydrogen) atoms. The molecule has 0 spiro atoms. The fraction of sp³-hybridized carbons (Fsp3) is 1.00. The molecule has 0 saturated carbocycles. The van der Waals surface area contributed by atoms with Gasteiger partial charge in [0.05, 0.1) is 6.61 Å². The van der Waals surface area contributed by atoms with Crippen LogP contribution in [0.3, 0.4) is 0 Å². The molecule has 0 bridgehead atoms. The lowest BCUT2D eigenvalue weighted by molar-refractivity contribution is -0.167. The Kier molecular flexibility index (Phi) is 7.14. The zero-order valence-corrected chi connectivity index (χ0v) is 10.9. The molecule has 3 heteroatoms. The van der Waals surface area contributed by atoms with E-state index in [9.17, 15) is 5.11 Å². The predicted molar refractivity (Wildman–Crippen MR) is 63.8 cm³/mol. The molecule has 0 fully saturated rings. The molecule has 1 N–H and O–H groups in total. The second kappa shape index (κ2) is 7.20. The molecule has 0 radical (unpaired) electrons. The summed E-state index contributed by atoms with van der Waals surface area (Å²) in [6, 6.07) is 0. The lowest BCUT2D eigenvalue weighted by Crippen LogP contribution is -2.34. The summed E-state index contributed by atoms with van der Waals surface area (Å²) in [5.41, 5.74) is -0.150. The van der Waals surface area contributed by atoms with Gasteiger partial charge in [0, 0.05) is 12.0 Å². The molecule has 0 aromatic rings. The average Bonchev–Trinajstić information content (AvgIpc) is 2.24. The second-order valence-electron chi connectivity index (χ2n) is 4.59. The maximum atomic E-state index is 9.79. The molecule has 0 aliphatic rings. The third-order valence-electron chi connectivity index (χ3n) is 3.16. The zero-order valence-electron chi connectivity index (χ0n) is 10.9. The Balaban J connectivity index is 3.76. The topological polar surface area (TPSA) is 32.7 Å². The van der Waals surface area contributed by atoms with Crippen molar-refractivity contribution < 1.29 is 9.84 Å². The molecule has 92 valence electrons. The first-order valence-electron chi connectivity index (χ1n) is 5.99. The van der Waals surface area contributed by atoms with Gasteiger partial charge in [-0.25, -0.2) is 0 Å². The molecular formula is C12H27NO2. The number of hydrogen-bond acceptors (Lipinski definition) is 3. The van der Waals surface area contributed by atoms with E-state index in [1.165, 1.54) is 0 Å². The largest absolute Gasteiger partial charge is 0.368 e. The highest BCUT2D eigenvalue weighted by Gasteiger charge is 2.26. The van der Waals surface area contributed by atoms with E-state index >= 15 is 0 Å². The minimum absolute atomic E-state index is 0.150. The Labute approximate surface area is 94.4 Å². The van der Waals surface area contributed by atoms with Gasteiger partial charge in [-0.05, 0) is 19.5 Å². The lowest BCUT2D eigenvalue weighted by Gasteiger charge is -2.29. The van der Waals surface area contributed by atoms with Crippen LogP contribution in [0.4, 0.5) is 0 Å². The van der Waals surface area contributed by atoms with Crippen LogP contribution in [0.15, 0.2) is 0 Å². The number of aliphatic hydroxyl groups excluding tert-OH is 1. The molecule has 3 nitrogen and oxygen atoms in total. The quantitative estimate of drug-likeness (QED) is 0.632. The lowest BCUT2D eigenvalue weighted by atomic mass is 9.90. The first-order chi connectivity index (χ1) is 6.97. The third kappa shape index (κ3) is 5.50. The average molecular weight is 217 g/mol. The SMILES string of the molecule is CCN(CC)CCOC(O)C(C)(C)CC. The van der Waals surface area contributed by atoms with E-state index < -0.39 is 6.29 Å². The molecule has 0 saturated heterocycles. The van der Waals surface area contributed by atoms with Gasteiger partial charge in [-0.3, -0.25) is 0 Å². The molecular weight excluding hydrogens is 190 g/mol. The molecule has 1 atom stereocenters. The van der Waals surface area contributed by atoms with Gasteiger partial charge in [-0.2, -0.15) is 0 Å². The maximum Gasteiger partial charge on any atom is 0.159 e. The van der Waals surface area contributed by atoms with E-state index in [1.807, 2.05) is 13.8 Å². The number of ether oxygens (including phenoxy) is 1. The van der Waals surface area contributed by atoms with Crippen molar-refractivity contribution in [1.29, 1.82) is 0 Å². The standard InChI is InChI=1S/C12H27NO2/c1-6-12(4,5)11(14)15-10-9-13(7-2)8-3/h11,14H,6-10H2,1-5H3. The van der Waals surface area contributed by atoms with Crippen LogP contribution in [0, 0.1) is 5.41 Å². The van der Waals surface area contributed by atoms with Crippen molar-refractivity contribution in [3.05, 3.63) is 0 Å². The van der Waals surface area contributed by atoms with Crippen LogP contribution in [0.1, 0.15) is 41.0 Å². The Morgan fingerprint density at radius 1 is 1.20 bits per heavy atom. The Morgan fingerprint density at radius 2 is 1.73 bits per heavy atom. The van der Waals surface area contributed by atoms with Crippen molar-refractivity contribution in [2.24, 2.45) is 5.41 Å². The van der Waals surface area contributed by atoms with E-state index in [4.69, 9.17) is 4.74 Å². The van der Waals surface area contributed by atoms with Gasteiger partial charge in [-0.1, -0.05) is 34.6 Å². The summed E-state index contributed by atoms with van der Waals surface area (Å²) in [6.45, 7) is 13.9. The van der Waals surface area contributed by atoms with Crippen LogP contribution in [0.25, 0.3) is 0 Å². The van der Waals surface area contributed by atoms with E-state index in [-0.39, 0.29) is 5.41 Å². The number of likely N-dealkylation sites (N-methyl/N-ethyl adjacent to an activating group) is 1. The highest BCUT2D eigenvalue weighted by atomic mass is 16.6. The Morgan fingerprint density at radius 3 is 2.13 bits per heavy atom. The van der Waals surface area contributed by atoms with E-state index in [1.54, 1.807) is 0 Å². The second-order valence-corrected chi connectivity index (χ2v) is 4.59. The van der Waals surface area contributed by atoms with E-state index in [2.05, 4.69) is 25.7 Å². The summed E-state index contributed by atoms with van der Waals surface area (Å²) in [5.74, 6) is 0. The summed E-state index contributed by atoms with van der Waals surface area (Å²) >= 11 is 0. The van der Waals surface area contributed by atoms with Crippen LogP contribution in [0.2, 0.25) is 0 Å². The van der Waals surface area contributed by atoms with Gasteiger partial charge < -0.3 is 14.7 Å². The number of rotatable bonds is 8. The van der Waals surface area contributed by atoms with Crippen molar-refractivity contribution in [2.75, 3.05) is 26.2 Å². The molecule has 0 rings (SSSR count). The molecule has 0 amide bonds. The zero-order chi connectivity index (χ0) is 11.9. The molecule has 0 aromatic heterocycles. The first-order valence-corrected chi connectivity index (χ1v) is 5.99. The number of nitrogens with zero attached hydrogens (tertiary/aromatic N) is 1. The fourth-order valence-corrected chi connectivity index (χ4v) is 1.23. The number of hydrogen-bond donors (Lipinski definition) is 1. The highest BCUT2D eigenvalue weighted by Crippen LogP contribution is 2.25. The summed E-state index contributed by atoms with van der Waals surface area (Å²) < 4.78 is 5.45. The molecule has 1 unspecified atom stereocenters. The van der Waals surface area contributed by atoms with Gasteiger partial charge in [0.2, 0.25) is 0 Å². The van der Waals surface area contributed by atoms with Gasteiger partial charge >= 0.3 is 0 Å². The maximum absolute atomic E-state index is 9.79. The van der Waals surface area contributed by atoms with Gasteiger partial charge in [0.15, 0.2) is 6.29 Å². The molecule has 0 heterocycles. The summed E-state index contributed by atoms with van der Waals surface area (Å²) in [4.78, 5) is 2.28. The van der Waals surface area contributed by atoms with Gasteiger partial charge in [0.25, 0.3) is 0 Å². The first kappa shape index (κ1) is 14.9. The fourth-order valence-electron chi connectivity index (χ4n) is 1.23. The van der Waals surface area contributed by atoms with Crippen molar-refractivity contribution in [1.82, 2.24) is 4.90 Å². The summed E-state index contributed by atoms with van der Waals surface area (Å²) in [5, 5.41) is 9.79. The predicted octanol–water partition coefficient (Wildman–Crippen LogP) is 2.10. The van der Waals surface area contributed by atoms with Crippen LogP contribution in [0.5, 0.6) is 0 Å². The monoisotopic (exact) mass is 217 g/mol. The minimum atomic E-state index is -0.655.